The third kappa shape index (κ3) is 6.64. The number of piperidine rings is 1. The number of nitrogens with zero attached hydrogens (tertiary/aromatic N) is 1. The molecule has 0 aliphatic carbocycles. The summed E-state index contributed by atoms with van der Waals surface area (Å²) in [7, 11) is 0. The molecule has 0 unspecified atom stereocenters. The maximum absolute atomic E-state index is 12.5. The molecular formula is C8H14F2N2O3. The molecule has 1 saturated heterocycles. The first kappa shape index (κ1) is 13.6. The number of likely N-dealkylation sites (tertiary alicyclic amines) is 1. The van der Waals surface area contributed by atoms with Gasteiger partial charge in [0.25, 0.3) is 5.92 Å². The molecule has 1 fully saturated rings. The molecule has 2 amide bonds. The van der Waals surface area contributed by atoms with Crippen molar-refractivity contribution >= 4 is 12.0 Å². The fourth-order valence-electron chi connectivity index (χ4n) is 1.13. The molecule has 1 aliphatic rings. The van der Waals surface area contributed by atoms with Crippen molar-refractivity contribution in [3.8, 4) is 0 Å². The summed E-state index contributed by atoms with van der Waals surface area (Å²) in [5.41, 5.74) is 4.47. The molecule has 0 aromatic carbocycles. The van der Waals surface area contributed by atoms with E-state index < -0.39 is 18.6 Å². The van der Waals surface area contributed by atoms with Crippen molar-refractivity contribution in [2.24, 2.45) is 5.73 Å². The number of carboxylic acid groups (broad SMARTS) is 1. The van der Waals surface area contributed by atoms with Gasteiger partial charge < -0.3 is 15.7 Å². The van der Waals surface area contributed by atoms with E-state index in [4.69, 9.17) is 5.11 Å². The maximum atomic E-state index is 12.5. The summed E-state index contributed by atoms with van der Waals surface area (Å²) >= 11 is 0. The Balaban J connectivity index is 0.000000423. The predicted molar refractivity (Wildman–Crippen MR) is 48.6 cm³/mol. The fourth-order valence-corrected chi connectivity index (χ4v) is 1.13. The van der Waals surface area contributed by atoms with Crippen LogP contribution in [0.1, 0.15) is 19.8 Å². The Morgan fingerprint density at radius 3 is 2.20 bits per heavy atom. The molecule has 0 bridgehead atoms. The monoisotopic (exact) mass is 224 g/mol. The summed E-state index contributed by atoms with van der Waals surface area (Å²) in [6.45, 7) is 0.882. The lowest BCUT2D eigenvalue weighted by atomic mass is 10.1. The SMILES string of the molecule is CC(N)=O.O=C(O)N1CCCC(F)(F)C1. The normalized spacial score (nSPS) is 18.7. The molecule has 1 heterocycles. The van der Waals surface area contributed by atoms with Gasteiger partial charge in [0.15, 0.2) is 0 Å². The summed E-state index contributed by atoms with van der Waals surface area (Å²) in [6, 6.07) is 0. The molecule has 1 aliphatic heterocycles. The lowest BCUT2D eigenvalue weighted by Gasteiger charge is -2.30. The fraction of sp³-hybridized carbons (Fsp3) is 0.750. The maximum Gasteiger partial charge on any atom is 0.407 e. The first-order chi connectivity index (χ1) is 6.74. The summed E-state index contributed by atoms with van der Waals surface area (Å²) in [6.07, 6.45) is -1.21. The number of carbonyl (C=O) groups excluding carboxylic acids is 1. The highest BCUT2D eigenvalue weighted by molar-refractivity contribution is 5.70. The number of primary amides is 1. The third-order valence-electron chi connectivity index (χ3n) is 1.66. The third-order valence-corrected chi connectivity index (χ3v) is 1.66. The molecule has 0 radical (unpaired) electrons. The minimum atomic E-state index is -2.82. The Bertz CT molecular complexity index is 242. The zero-order chi connectivity index (χ0) is 12.1. The van der Waals surface area contributed by atoms with Crippen LogP contribution in [-0.2, 0) is 4.79 Å². The van der Waals surface area contributed by atoms with Gasteiger partial charge in [-0.1, -0.05) is 0 Å². The molecule has 5 nitrogen and oxygen atoms in total. The number of carbonyl (C=O) groups is 2. The Hall–Kier alpha value is -1.40. The van der Waals surface area contributed by atoms with Gasteiger partial charge in [0.1, 0.15) is 0 Å². The molecule has 0 aromatic rings. The summed E-state index contributed by atoms with van der Waals surface area (Å²) in [4.78, 5) is 20.2. The molecule has 3 N–H and O–H groups in total. The Morgan fingerprint density at radius 1 is 1.47 bits per heavy atom. The summed E-state index contributed by atoms with van der Waals surface area (Å²) in [5.74, 6) is -3.16. The number of nitrogens with two attached hydrogens (primary N) is 1. The van der Waals surface area contributed by atoms with Gasteiger partial charge in [-0.3, -0.25) is 4.79 Å². The van der Waals surface area contributed by atoms with Crippen LogP contribution in [0.15, 0.2) is 0 Å². The number of amides is 2. The van der Waals surface area contributed by atoms with Crippen LogP contribution in [0.4, 0.5) is 13.6 Å². The van der Waals surface area contributed by atoms with Crippen LogP contribution in [0.2, 0.25) is 0 Å². The van der Waals surface area contributed by atoms with Crippen LogP contribution in [0.3, 0.4) is 0 Å². The van der Waals surface area contributed by atoms with Gasteiger partial charge in [-0.15, -0.1) is 0 Å². The van der Waals surface area contributed by atoms with Crippen LogP contribution in [0, 0.1) is 0 Å². The van der Waals surface area contributed by atoms with Gasteiger partial charge in [-0.05, 0) is 6.42 Å². The lowest BCUT2D eigenvalue weighted by molar-refractivity contribution is -0.115. The van der Waals surface area contributed by atoms with Crippen molar-refractivity contribution in [1.29, 1.82) is 0 Å². The van der Waals surface area contributed by atoms with E-state index in [1.165, 1.54) is 6.92 Å². The van der Waals surface area contributed by atoms with Crippen LogP contribution < -0.4 is 5.73 Å². The molecular weight excluding hydrogens is 210 g/mol. The van der Waals surface area contributed by atoms with E-state index in [1.807, 2.05) is 0 Å². The second-order valence-electron chi connectivity index (χ2n) is 3.27. The van der Waals surface area contributed by atoms with Gasteiger partial charge in [-0.25, -0.2) is 13.6 Å². The first-order valence-electron chi connectivity index (χ1n) is 4.36. The molecule has 88 valence electrons. The lowest BCUT2D eigenvalue weighted by Crippen LogP contribution is -2.45. The summed E-state index contributed by atoms with van der Waals surface area (Å²) in [5, 5.41) is 8.36. The van der Waals surface area contributed by atoms with Crippen molar-refractivity contribution in [3.63, 3.8) is 0 Å². The van der Waals surface area contributed by atoms with E-state index in [2.05, 4.69) is 5.73 Å². The highest BCUT2D eigenvalue weighted by atomic mass is 19.3. The minimum Gasteiger partial charge on any atom is -0.465 e. The van der Waals surface area contributed by atoms with E-state index in [0.29, 0.717) is 0 Å². The number of hydrogen-bond acceptors (Lipinski definition) is 2. The largest absolute Gasteiger partial charge is 0.465 e. The van der Waals surface area contributed by atoms with Gasteiger partial charge >= 0.3 is 6.09 Å². The molecule has 0 aromatic heterocycles. The Kier molecular flexibility index (Phi) is 4.96. The standard InChI is InChI=1S/C6H9F2NO2.C2H5NO/c7-6(8)2-1-3-9(4-6)5(10)11;1-2(3)4/h1-4H2,(H,10,11);1H3,(H2,3,4). The van der Waals surface area contributed by atoms with Crippen molar-refractivity contribution in [2.45, 2.75) is 25.7 Å². The second-order valence-corrected chi connectivity index (χ2v) is 3.27. The zero-order valence-corrected chi connectivity index (χ0v) is 8.37. The van der Waals surface area contributed by atoms with Gasteiger partial charge in [0.2, 0.25) is 5.91 Å². The van der Waals surface area contributed by atoms with E-state index in [1.54, 1.807) is 0 Å². The topological polar surface area (TPSA) is 83.6 Å². The van der Waals surface area contributed by atoms with Gasteiger partial charge in [-0.2, -0.15) is 0 Å². The molecule has 0 spiro atoms. The Morgan fingerprint density at radius 2 is 1.93 bits per heavy atom. The van der Waals surface area contributed by atoms with E-state index in [0.717, 1.165) is 4.90 Å². The van der Waals surface area contributed by atoms with Crippen LogP contribution >= 0.6 is 0 Å². The number of alkyl halides is 2. The molecule has 0 saturated carbocycles. The number of halogens is 2. The van der Waals surface area contributed by atoms with E-state index in [-0.39, 0.29) is 25.3 Å². The molecule has 1 rings (SSSR count). The first-order valence-corrected chi connectivity index (χ1v) is 4.36. The smallest absolute Gasteiger partial charge is 0.407 e. The van der Waals surface area contributed by atoms with E-state index in [9.17, 15) is 18.4 Å². The minimum absolute atomic E-state index is 0.198. The molecule has 0 atom stereocenters. The average molecular weight is 224 g/mol. The Labute approximate surface area is 85.8 Å². The summed E-state index contributed by atoms with van der Waals surface area (Å²) < 4.78 is 25.0. The van der Waals surface area contributed by atoms with E-state index >= 15 is 0 Å². The molecule has 7 heteroatoms. The van der Waals surface area contributed by atoms with Crippen molar-refractivity contribution in [2.75, 3.05) is 13.1 Å². The highest BCUT2D eigenvalue weighted by Gasteiger charge is 2.36. The number of hydrogen-bond donors (Lipinski definition) is 2. The molecule has 15 heavy (non-hydrogen) atoms. The highest BCUT2D eigenvalue weighted by Crippen LogP contribution is 2.26. The predicted octanol–water partition coefficient (Wildman–Crippen LogP) is 0.887. The van der Waals surface area contributed by atoms with Crippen molar-refractivity contribution in [1.82, 2.24) is 4.90 Å². The zero-order valence-electron chi connectivity index (χ0n) is 8.37. The van der Waals surface area contributed by atoms with Crippen LogP contribution in [0.5, 0.6) is 0 Å². The van der Waals surface area contributed by atoms with Crippen LogP contribution in [-0.4, -0.2) is 41.0 Å². The number of rotatable bonds is 0. The van der Waals surface area contributed by atoms with Crippen LogP contribution in [0.25, 0.3) is 0 Å². The van der Waals surface area contributed by atoms with Gasteiger partial charge in [0, 0.05) is 19.9 Å². The average Bonchev–Trinajstić information content (AvgIpc) is 2.00. The van der Waals surface area contributed by atoms with Crippen molar-refractivity contribution in [3.05, 3.63) is 0 Å². The quantitative estimate of drug-likeness (QED) is 0.640. The van der Waals surface area contributed by atoms with Crippen molar-refractivity contribution < 1.29 is 23.5 Å². The van der Waals surface area contributed by atoms with Gasteiger partial charge in [0.05, 0.1) is 6.54 Å². The second kappa shape index (κ2) is 5.47.